The Kier molecular flexibility index (Phi) is 5.40. The number of hydrogen-bond donors (Lipinski definition) is 0. The molecule has 9 nitrogen and oxygen atoms in total. The Labute approximate surface area is 140 Å². The first-order valence-corrected chi connectivity index (χ1v) is 9.13. The molecule has 132 valence electrons. The van der Waals surface area contributed by atoms with E-state index in [4.69, 9.17) is 4.74 Å². The van der Waals surface area contributed by atoms with Crippen molar-refractivity contribution < 1.29 is 22.9 Å². The SMILES string of the molecule is Cc1ccc([N+](=O)[O-])cc1N(CC(=O)N1CCOCC1)S(C)(=O)=O. The number of nitrogens with zero attached hydrogens (tertiary/aromatic N) is 3. The third-order valence-electron chi connectivity index (χ3n) is 3.72. The highest BCUT2D eigenvalue weighted by atomic mass is 32.2. The Bertz CT molecular complexity index is 743. The number of amides is 1. The molecule has 0 saturated carbocycles. The first kappa shape index (κ1) is 18.1. The van der Waals surface area contributed by atoms with E-state index >= 15 is 0 Å². The molecule has 2 rings (SSSR count). The lowest BCUT2D eigenvalue weighted by Crippen LogP contribution is -2.47. The van der Waals surface area contributed by atoms with Crippen LogP contribution in [0.4, 0.5) is 11.4 Å². The summed E-state index contributed by atoms with van der Waals surface area (Å²) in [6.45, 7) is 2.83. The number of anilines is 1. The van der Waals surface area contributed by atoms with Crippen molar-refractivity contribution in [3.63, 3.8) is 0 Å². The van der Waals surface area contributed by atoms with Gasteiger partial charge >= 0.3 is 0 Å². The van der Waals surface area contributed by atoms with Gasteiger partial charge in [0.2, 0.25) is 15.9 Å². The van der Waals surface area contributed by atoms with Crippen LogP contribution in [0.5, 0.6) is 0 Å². The van der Waals surface area contributed by atoms with Gasteiger partial charge in [0.25, 0.3) is 5.69 Å². The van der Waals surface area contributed by atoms with E-state index in [0.29, 0.717) is 31.9 Å². The number of ether oxygens (including phenoxy) is 1. The van der Waals surface area contributed by atoms with E-state index < -0.39 is 21.5 Å². The van der Waals surface area contributed by atoms with E-state index in [1.807, 2.05) is 0 Å². The van der Waals surface area contributed by atoms with E-state index in [-0.39, 0.29) is 17.3 Å². The van der Waals surface area contributed by atoms with Crippen LogP contribution in [0.3, 0.4) is 0 Å². The summed E-state index contributed by atoms with van der Waals surface area (Å²) < 4.78 is 30.4. The molecule has 10 heteroatoms. The Morgan fingerprint density at radius 1 is 1.38 bits per heavy atom. The molecular formula is C14H19N3O6S. The number of sulfonamides is 1. The van der Waals surface area contributed by atoms with E-state index in [9.17, 15) is 23.3 Å². The van der Waals surface area contributed by atoms with Crippen LogP contribution in [-0.2, 0) is 19.6 Å². The Hall–Kier alpha value is -2.20. The van der Waals surface area contributed by atoms with Crippen LogP contribution in [-0.4, -0.2) is 63.3 Å². The van der Waals surface area contributed by atoms with Gasteiger partial charge < -0.3 is 9.64 Å². The van der Waals surface area contributed by atoms with Gasteiger partial charge in [0.15, 0.2) is 0 Å². The fourth-order valence-electron chi connectivity index (χ4n) is 2.40. The van der Waals surface area contributed by atoms with Crippen molar-refractivity contribution >= 4 is 27.3 Å². The summed E-state index contributed by atoms with van der Waals surface area (Å²) in [7, 11) is -3.78. The molecule has 1 heterocycles. The fourth-order valence-corrected chi connectivity index (χ4v) is 3.30. The predicted octanol–water partition coefficient (Wildman–Crippen LogP) is 0.528. The molecule has 24 heavy (non-hydrogen) atoms. The van der Waals surface area contributed by atoms with E-state index in [1.165, 1.54) is 23.1 Å². The number of hydrogen-bond acceptors (Lipinski definition) is 6. The maximum absolute atomic E-state index is 12.4. The van der Waals surface area contributed by atoms with Gasteiger partial charge in [-0.3, -0.25) is 19.2 Å². The zero-order valence-corrected chi connectivity index (χ0v) is 14.3. The number of rotatable bonds is 5. The lowest BCUT2D eigenvalue weighted by atomic mass is 10.2. The highest BCUT2D eigenvalue weighted by molar-refractivity contribution is 7.92. The van der Waals surface area contributed by atoms with Crippen molar-refractivity contribution in [3.8, 4) is 0 Å². The number of nitro groups is 1. The summed E-state index contributed by atoms with van der Waals surface area (Å²) in [6, 6.07) is 3.93. The molecule has 1 saturated heterocycles. The van der Waals surface area contributed by atoms with Gasteiger partial charge in [0.1, 0.15) is 6.54 Å². The summed E-state index contributed by atoms with van der Waals surface area (Å²) in [6.07, 6.45) is 0.970. The topological polar surface area (TPSA) is 110 Å². The Balaban J connectivity index is 2.34. The van der Waals surface area contributed by atoms with Crippen LogP contribution in [0.15, 0.2) is 18.2 Å². The molecule has 1 aliphatic heterocycles. The molecule has 0 N–H and O–H groups in total. The van der Waals surface area contributed by atoms with Crippen molar-refractivity contribution in [2.45, 2.75) is 6.92 Å². The Morgan fingerprint density at radius 2 is 2.00 bits per heavy atom. The molecule has 0 atom stereocenters. The van der Waals surface area contributed by atoms with E-state index in [0.717, 1.165) is 10.6 Å². The van der Waals surface area contributed by atoms with Crippen molar-refractivity contribution in [3.05, 3.63) is 33.9 Å². The van der Waals surface area contributed by atoms with E-state index in [2.05, 4.69) is 0 Å². The average Bonchev–Trinajstić information content (AvgIpc) is 2.52. The van der Waals surface area contributed by atoms with Crippen molar-refractivity contribution in [2.75, 3.05) is 43.4 Å². The Morgan fingerprint density at radius 3 is 2.54 bits per heavy atom. The van der Waals surface area contributed by atoms with Gasteiger partial charge in [-0.1, -0.05) is 6.07 Å². The maximum atomic E-state index is 12.4. The van der Waals surface area contributed by atoms with Gasteiger partial charge in [-0.15, -0.1) is 0 Å². The summed E-state index contributed by atoms with van der Waals surface area (Å²) >= 11 is 0. The second kappa shape index (κ2) is 7.14. The van der Waals surface area contributed by atoms with Gasteiger partial charge in [0.05, 0.1) is 30.1 Å². The number of non-ortho nitro benzene ring substituents is 1. The second-order valence-corrected chi connectivity index (χ2v) is 7.40. The van der Waals surface area contributed by atoms with Gasteiger partial charge in [-0.2, -0.15) is 0 Å². The number of carbonyl (C=O) groups excluding carboxylic acids is 1. The summed E-state index contributed by atoms with van der Waals surface area (Å²) in [5, 5.41) is 11.0. The van der Waals surface area contributed by atoms with Crippen LogP contribution >= 0.6 is 0 Å². The fraction of sp³-hybridized carbons (Fsp3) is 0.500. The van der Waals surface area contributed by atoms with Crippen LogP contribution in [0, 0.1) is 17.0 Å². The number of carbonyl (C=O) groups is 1. The molecule has 0 unspecified atom stereocenters. The molecule has 1 aromatic rings. The lowest BCUT2D eigenvalue weighted by Gasteiger charge is -2.30. The monoisotopic (exact) mass is 357 g/mol. The third kappa shape index (κ3) is 4.20. The minimum atomic E-state index is -3.78. The van der Waals surface area contributed by atoms with Gasteiger partial charge in [0, 0.05) is 25.2 Å². The molecule has 1 amide bonds. The highest BCUT2D eigenvalue weighted by Crippen LogP contribution is 2.27. The first-order valence-electron chi connectivity index (χ1n) is 7.28. The molecule has 1 aromatic carbocycles. The first-order chi connectivity index (χ1) is 11.2. The average molecular weight is 357 g/mol. The number of morpholine rings is 1. The van der Waals surface area contributed by atoms with Crippen LogP contribution < -0.4 is 4.31 Å². The summed E-state index contributed by atoms with van der Waals surface area (Å²) in [5.41, 5.74) is 0.428. The lowest BCUT2D eigenvalue weighted by molar-refractivity contribution is -0.384. The molecule has 0 radical (unpaired) electrons. The minimum Gasteiger partial charge on any atom is -0.378 e. The zero-order valence-electron chi connectivity index (χ0n) is 13.5. The minimum absolute atomic E-state index is 0.133. The molecule has 0 aromatic heterocycles. The molecule has 1 fully saturated rings. The largest absolute Gasteiger partial charge is 0.378 e. The summed E-state index contributed by atoms with van der Waals surface area (Å²) in [4.78, 5) is 24.3. The normalized spacial score (nSPS) is 15.2. The van der Waals surface area contributed by atoms with Crippen molar-refractivity contribution in [1.82, 2.24) is 4.90 Å². The molecule has 0 bridgehead atoms. The second-order valence-electron chi connectivity index (χ2n) is 5.49. The molecule has 0 spiro atoms. The van der Waals surface area contributed by atoms with Crippen LogP contribution in [0.1, 0.15) is 5.56 Å². The maximum Gasteiger partial charge on any atom is 0.271 e. The van der Waals surface area contributed by atoms with Gasteiger partial charge in [-0.05, 0) is 12.5 Å². The molecule has 1 aliphatic rings. The van der Waals surface area contributed by atoms with Crippen molar-refractivity contribution in [1.29, 1.82) is 0 Å². The number of benzene rings is 1. The zero-order chi connectivity index (χ0) is 17.9. The molecule has 0 aliphatic carbocycles. The van der Waals surface area contributed by atoms with Crippen LogP contribution in [0.25, 0.3) is 0 Å². The third-order valence-corrected chi connectivity index (χ3v) is 4.84. The molecular weight excluding hydrogens is 338 g/mol. The van der Waals surface area contributed by atoms with Crippen LogP contribution in [0.2, 0.25) is 0 Å². The van der Waals surface area contributed by atoms with E-state index in [1.54, 1.807) is 6.92 Å². The quantitative estimate of drug-likeness (QED) is 0.561. The van der Waals surface area contributed by atoms with Gasteiger partial charge in [-0.25, -0.2) is 8.42 Å². The predicted molar refractivity (Wildman–Crippen MR) is 87.4 cm³/mol. The smallest absolute Gasteiger partial charge is 0.271 e. The summed E-state index contributed by atoms with van der Waals surface area (Å²) in [5.74, 6) is -0.366. The van der Waals surface area contributed by atoms with Crippen molar-refractivity contribution in [2.24, 2.45) is 0 Å². The number of aryl methyl sites for hydroxylation is 1. The standard InChI is InChI=1S/C14H19N3O6S/c1-11-3-4-12(17(19)20)9-13(11)16(24(2,21)22)10-14(18)15-5-7-23-8-6-15/h3-4,9H,5-8,10H2,1-2H3. The highest BCUT2D eigenvalue weighted by Gasteiger charge is 2.27. The number of nitro benzene ring substituents is 1.